The third kappa shape index (κ3) is 3.31. The fraction of sp³-hybridized carbons (Fsp3) is 0.0256. The van der Waals surface area contributed by atoms with Crippen molar-refractivity contribution in [2.75, 3.05) is 0 Å². The summed E-state index contributed by atoms with van der Waals surface area (Å²) in [7, 11) is 0. The van der Waals surface area contributed by atoms with Gasteiger partial charge in [0.25, 0.3) is 0 Å². The zero-order valence-corrected chi connectivity index (χ0v) is 23.4. The SMILES string of the molecule is Brc1ccc2c(c1)cc(-c1ccccc1)c1cc3c(cc12)C(c1ccccc1)(c1ccccc1)c1ccccc1-3. The van der Waals surface area contributed by atoms with Crippen molar-refractivity contribution in [1.29, 1.82) is 0 Å². The first kappa shape index (κ1) is 23.4. The van der Waals surface area contributed by atoms with Crippen LogP contribution in [0.15, 0.2) is 156 Å². The summed E-state index contributed by atoms with van der Waals surface area (Å²) in [6.45, 7) is 0. The summed E-state index contributed by atoms with van der Waals surface area (Å²) >= 11 is 3.73. The lowest BCUT2D eigenvalue weighted by molar-refractivity contribution is 0.769. The van der Waals surface area contributed by atoms with E-state index in [-0.39, 0.29) is 0 Å². The zero-order chi connectivity index (χ0) is 26.7. The molecule has 0 radical (unpaired) electrons. The summed E-state index contributed by atoms with van der Waals surface area (Å²) in [6, 6.07) is 55.8. The number of halogens is 1. The van der Waals surface area contributed by atoms with Gasteiger partial charge in [0, 0.05) is 4.47 Å². The number of hydrogen-bond acceptors (Lipinski definition) is 0. The topological polar surface area (TPSA) is 0 Å². The van der Waals surface area contributed by atoms with Gasteiger partial charge < -0.3 is 0 Å². The van der Waals surface area contributed by atoms with Crippen LogP contribution in [-0.2, 0) is 5.41 Å². The van der Waals surface area contributed by atoms with Crippen molar-refractivity contribution < 1.29 is 0 Å². The summed E-state index contributed by atoms with van der Waals surface area (Å²) in [5.41, 5.74) is 9.96. The minimum atomic E-state index is -0.410. The molecule has 0 spiro atoms. The molecule has 0 saturated carbocycles. The Hall–Kier alpha value is -4.46. The zero-order valence-electron chi connectivity index (χ0n) is 21.8. The molecule has 0 saturated heterocycles. The molecule has 7 aromatic rings. The molecule has 7 aromatic carbocycles. The second-order valence-corrected chi connectivity index (χ2v) is 11.5. The second-order valence-electron chi connectivity index (χ2n) is 10.6. The predicted molar refractivity (Wildman–Crippen MR) is 172 cm³/mol. The van der Waals surface area contributed by atoms with Crippen molar-refractivity contribution in [2.45, 2.75) is 5.41 Å². The number of rotatable bonds is 3. The van der Waals surface area contributed by atoms with Gasteiger partial charge in [0.15, 0.2) is 0 Å². The van der Waals surface area contributed by atoms with Crippen LogP contribution in [0.4, 0.5) is 0 Å². The van der Waals surface area contributed by atoms with Crippen LogP contribution in [0, 0.1) is 0 Å². The third-order valence-electron chi connectivity index (χ3n) is 8.58. The van der Waals surface area contributed by atoms with E-state index in [1.807, 2.05) is 0 Å². The monoisotopic (exact) mass is 572 g/mol. The fourth-order valence-electron chi connectivity index (χ4n) is 6.92. The van der Waals surface area contributed by atoms with Gasteiger partial charge in [-0.3, -0.25) is 0 Å². The van der Waals surface area contributed by atoms with E-state index in [4.69, 9.17) is 0 Å². The summed E-state index contributed by atoms with van der Waals surface area (Å²) in [6.07, 6.45) is 0. The molecule has 0 fully saturated rings. The lowest BCUT2D eigenvalue weighted by atomic mass is 9.67. The molecule has 40 heavy (non-hydrogen) atoms. The first-order valence-corrected chi connectivity index (χ1v) is 14.5. The van der Waals surface area contributed by atoms with Crippen LogP contribution in [0.2, 0.25) is 0 Å². The van der Waals surface area contributed by atoms with Gasteiger partial charge in [0.05, 0.1) is 5.41 Å². The predicted octanol–water partition coefficient (Wildman–Crippen LogP) is 10.8. The Kier molecular flexibility index (Phi) is 5.30. The summed E-state index contributed by atoms with van der Waals surface area (Å²) in [5, 5.41) is 5.08. The van der Waals surface area contributed by atoms with Gasteiger partial charge in [-0.15, -0.1) is 0 Å². The summed E-state index contributed by atoms with van der Waals surface area (Å²) < 4.78 is 1.09. The number of hydrogen-bond donors (Lipinski definition) is 0. The molecule has 0 aliphatic heterocycles. The van der Waals surface area contributed by atoms with Gasteiger partial charge in [0.2, 0.25) is 0 Å². The highest BCUT2D eigenvalue weighted by molar-refractivity contribution is 9.10. The molecule has 0 bridgehead atoms. The normalized spacial score (nSPS) is 13.3. The average molecular weight is 574 g/mol. The Bertz CT molecular complexity index is 2000. The van der Waals surface area contributed by atoms with E-state index in [9.17, 15) is 0 Å². The van der Waals surface area contributed by atoms with Crippen LogP contribution in [0.1, 0.15) is 22.3 Å². The van der Waals surface area contributed by atoms with Crippen molar-refractivity contribution in [2.24, 2.45) is 0 Å². The smallest absolute Gasteiger partial charge is 0.0622 e. The van der Waals surface area contributed by atoms with Crippen LogP contribution in [0.25, 0.3) is 43.8 Å². The summed E-state index contributed by atoms with van der Waals surface area (Å²) in [5.74, 6) is 0. The lowest BCUT2D eigenvalue weighted by Gasteiger charge is -2.34. The quantitative estimate of drug-likeness (QED) is 0.185. The van der Waals surface area contributed by atoms with E-state index in [2.05, 4.69) is 168 Å². The van der Waals surface area contributed by atoms with Crippen molar-refractivity contribution in [3.05, 3.63) is 178 Å². The molecule has 0 amide bonds. The van der Waals surface area contributed by atoms with Gasteiger partial charge in [0.1, 0.15) is 0 Å². The van der Waals surface area contributed by atoms with E-state index < -0.39 is 5.41 Å². The van der Waals surface area contributed by atoms with E-state index in [1.54, 1.807) is 0 Å². The Morgan fingerprint density at radius 3 is 1.73 bits per heavy atom. The van der Waals surface area contributed by atoms with Crippen LogP contribution < -0.4 is 0 Å². The maximum atomic E-state index is 3.73. The molecule has 0 nitrogen and oxygen atoms in total. The van der Waals surface area contributed by atoms with Crippen LogP contribution >= 0.6 is 15.9 Å². The molecule has 1 aliphatic rings. The Balaban J connectivity index is 1.58. The second kappa shape index (κ2) is 9.05. The third-order valence-corrected chi connectivity index (χ3v) is 9.07. The van der Waals surface area contributed by atoms with E-state index >= 15 is 0 Å². The maximum absolute atomic E-state index is 3.73. The van der Waals surface area contributed by atoms with Crippen LogP contribution in [-0.4, -0.2) is 0 Å². The van der Waals surface area contributed by atoms with Crippen LogP contribution in [0.5, 0.6) is 0 Å². The highest BCUT2D eigenvalue weighted by Gasteiger charge is 2.46. The highest BCUT2D eigenvalue weighted by Crippen LogP contribution is 2.57. The first-order valence-electron chi connectivity index (χ1n) is 13.7. The molecule has 8 rings (SSSR count). The Morgan fingerprint density at radius 1 is 0.400 bits per heavy atom. The lowest BCUT2D eigenvalue weighted by Crippen LogP contribution is -2.28. The first-order chi connectivity index (χ1) is 19.7. The molecule has 0 heterocycles. The van der Waals surface area contributed by atoms with Gasteiger partial charge in [-0.05, 0) is 96.4 Å². The van der Waals surface area contributed by atoms with Crippen molar-refractivity contribution in [1.82, 2.24) is 0 Å². The minimum Gasteiger partial charge on any atom is -0.0622 e. The van der Waals surface area contributed by atoms with Gasteiger partial charge in [-0.2, -0.15) is 0 Å². The molecule has 188 valence electrons. The van der Waals surface area contributed by atoms with Crippen molar-refractivity contribution in [3.8, 4) is 22.3 Å². The van der Waals surface area contributed by atoms with E-state index in [1.165, 1.54) is 66.1 Å². The van der Waals surface area contributed by atoms with E-state index in [0.29, 0.717) is 0 Å². The van der Waals surface area contributed by atoms with E-state index in [0.717, 1.165) is 4.47 Å². The van der Waals surface area contributed by atoms with Crippen LogP contribution in [0.3, 0.4) is 0 Å². The number of fused-ring (bicyclic) bond motifs is 6. The van der Waals surface area contributed by atoms with Crippen molar-refractivity contribution >= 4 is 37.5 Å². The van der Waals surface area contributed by atoms with Gasteiger partial charge in [-0.25, -0.2) is 0 Å². The highest BCUT2D eigenvalue weighted by atomic mass is 79.9. The van der Waals surface area contributed by atoms with Crippen molar-refractivity contribution in [3.63, 3.8) is 0 Å². The van der Waals surface area contributed by atoms with Gasteiger partial charge in [-0.1, -0.05) is 137 Å². The largest absolute Gasteiger partial charge is 0.0713 e. The Morgan fingerprint density at radius 2 is 1.02 bits per heavy atom. The molecule has 0 N–H and O–H groups in total. The average Bonchev–Trinajstić information content (AvgIpc) is 3.31. The van der Waals surface area contributed by atoms with Gasteiger partial charge >= 0.3 is 0 Å². The molecule has 1 aliphatic carbocycles. The maximum Gasteiger partial charge on any atom is 0.0713 e. The fourth-order valence-corrected chi connectivity index (χ4v) is 7.30. The minimum absolute atomic E-state index is 0.410. The standard InChI is InChI=1S/C39H25Br/c40-30-20-21-31-27(22-30)23-33(26-12-4-1-5-13-26)34-24-36-32-18-10-11-19-37(32)39(38(36)25-35(31)34,28-14-6-2-7-15-28)29-16-8-3-9-17-29/h1-25H. The molecule has 0 unspecified atom stereocenters. The molecular formula is C39H25Br. The Labute approximate surface area is 242 Å². The molecular weight excluding hydrogens is 548 g/mol. The number of benzene rings is 7. The molecule has 0 aromatic heterocycles. The molecule has 0 atom stereocenters. The molecule has 1 heteroatoms. The summed E-state index contributed by atoms with van der Waals surface area (Å²) in [4.78, 5) is 0.